The lowest BCUT2D eigenvalue weighted by atomic mass is 9.97. The Balaban J connectivity index is 1.53. The minimum Gasteiger partial charge on any atom is -0.314 e. The Labute approximate surface area is 129 Å². The van der Waals surface area contributed by atoms with Gasteiger partial charge in [0.2, 0.25) is 10.0 Å². The molecule has 0 aromatic carbocycles. The average molecular weight is 317 g/mol. The van der Waals surface area contributed by atoms with Gasteiger partial charge in [-0.3, -0.25) is 0 Å². The Hall–Kier alpha value is -0.170. The lowest BCUT2D eigenvalue weighted by molar-refractivity contribution is 0.193. The smallest absolute Gasteiger partial charge is 0.211 e. The number of nitrogens with one attached hydrogen (secondary N) is 2. The molecule has 0 radical (unpaired) electrons. The third-order valence-electron chi connectivity index (χ3n) is 4.60. The molecule has 5 nitrogen and oxygen atoms in total. The number of likely N-dealkylation sites (tertiary alicyclic amines) is 1. The van der Waals surface area contributed by atoms with Crippen molar-refractivity contribution in [2.75, 3.05) is 38.5 Å². The quantitative estimate of drug-likeness (QED) is 0.594. The number of hydrogen-bond donors (Lipinski definition) is 2. The molecule has 1 saturated carbocycles. The fourth-order valence-electron chi connectivity index (χ4n) is 2.83. The van der Waals surface area contributed by atoms with Crippen LogP contribution in [-0.2, 0) is 10.0 Å². The predicted molar refractivity (Wildman–Crippen MR) is 86.9 cm³/mol. The van der Waals surface area contributed by atoms with Crippen molar-refractivity contribution in [3.8, 4) is 0 Å². The molecule has 0 spiro atoms. The molecule has 2 N–H and O–H groups in total. The van der Waals surface area contributed by atoms with Gasteiger partial charge in [0.25, 0.3) is 0 Å². The van der Waals surface area contributed by atoms with Crippen LogP contribution in [0.25, 0.3) is 0 Å². The summed E-state index contributed by atoms with van der Waals surface area (Å²) in [5.41, 5.74) is 0. The van der Waals surface area contributed by atoms with Crippen molar-refractivity contribution in [2.45, 2.75) is 51.5 Å². The second kappa shape index (κ2) is 8.46. The Morgan fingerprint density at radius 3 is 2.43 bits per heavy atom. The zero-order valence-corrected chi connectivity index (χ0v) is 14.1. The van der Waals surface area contributed by atoms with Crippen molar-refractivity contribution in [3.63, 3.8) is 0 Å². The summed E-state index contributed by atoms with van der Waals surface area (Å²) in [4.78, 5) is 2.43. The predicted octanol–water partition coefficient (Wildman–Crippen LogP) is 1.17. The van der Waals surface area contributed by atoms with Crippen molar-refractivity contribution in [2.24, 2.45) is 5.92 Å². The second-order valence-corrected chi connectivity index (χ2v) is 8.41. The molecule has 6 heteroatoms. The number of sulfonamides is 1. The van der Waals surface area contributed by atoms with Gasteiger partial charge in [0.15, 0.2) is 0 Å². The monoisotopic (exact) mass is 317 g/mol. The van der Waals surface area contributed by atoms with Gasteiger partial charge in [-0.25, -0.2) is 13.1 Å². The Bertz CT molecular complexity index is 388. The van der Waals surface area contributed by atoms with E-state index in [1.165, 1.54) is 12.8 Å². The van der Waals surface area contributed by atoms with Crippen molar-refractivity contribution < 1.29 is 8.42 Å². The Morgan fingerprint density at radius 2 is 1.81 bits per heavy atom. The SMILES string of the molecule is CCN1CCC(CNS(=O)(=O)CCCCNC2CC2)CC1. The van der Waals surface area contributed by atoms with E-state index in [1.54, 1.807) is 0 Å². The molecule has 1 aliphatic carbocycles. The number of unbranched alkanes of at least 4 members (excludes halogenated alkanes) is 1. The third kappa shape index (κ3) is 7.08. The van der Waals surface area contributed by atoms with Crippen LogP contribution in [0.4, 0.5) is 0 Å². The van der Waals surface area contributed by atoms with Crippen molar-refractivity contribution >= 4 is 10.0 Å². The minimum atomic E-state index is -3.08. The van der Waals surface area contributed by atoms with E-state index in [2.05, 4.69) is 21.9 Å². The Kier molecular flexibility index (Phi) is 6.92. The van der Waals surface area contributed by atoms with Crippen LogP contribution < -0.4 is 10.0 Å². The first-order valence-electron chi connectivity index (χ1n) is 8.52. The van der Waals surface area contributed by atoms with Crippen LogP contribution in [-0.4, -0.2) is 57.8 Å². The van der Waals surface area contributed by atoms with Gasteiger partial charge in [0.1, 0.15) is 0 Å². The maximum Gasteiger partial charge on any atom is 0.211 e. The number of nitrogens with zero attached hydrogens (tertiary/aromatic N) is 1. The first kappa shape index (κ1) is 17.2. The molecule has 21 heavy (non-hydrogen) atoms. The van der Waals surface area contributed by atoms with E-state index in [0.717, 1.165) is 51.9 Å². The Morgan fingerprint density at radius 1 is 1.10 bits per heavy atom. The fraction of sp³-hybridized carbons (Fsp3) is 1.00. The highest BCUT2D eigenvalue weighted by atomic mass is 32.2. The molecule has 2 aliphatic rings. The minimum absolute atomic E-state index is 0.271. The summed E-state index contributed by atoms with van der Waals surface area (Å²) in [5.74, 6) is 0.784. The second-order valence-electron chi connectivity index (χ2n) is 6.48. The highest BCUT2D eigenvalue weighted by Gasteiger charge is 2.21. The van der Waals surface area contributed by atoms with E-state index >= 15 is 0 Å². The fourth-order valence-corrected chi connectivity index (χ4v) is 4.05. The van der Waals surface area contributed by atoms with Crippen molar-refractivity contribution in [1.82, 2.24) is 14.9 Å². The molecule has 1 saturated heterocycles. The molecule has 0 unspecified atom stereocenters. The molecule has 1 heterocycles. The van der Waals surface area contributed by atoms with E-state index in [1.807, 2.05) is 0 Å². The largest absolute Gasteiger partial charge is 0.314 e. The summed E-state index contributed by atoms with van der Waals surface area (Å²) >= 11 is 0. The van der Waals surface area contributed by atoms with Crippen LogP contribution in [0, 0.1) is 5.92 Å². The summed E-state index contributed by atoms with van der Waals surface area (Å²) in [5, 5.41) is 3.42. The molecule has 0 atom stereocenters. The molecular formula is C15H31N3O2S. The van der Waals surface area contributed by atoms with E-state index < -0.39 is 10.0 Å². The normalized spacial score (nSPS) is 21.8. The first-order chi connectivity index (χ1) is 10.1. The third-order valence-corrected chi connectivity index (χ3v) is 6.03. The van der Waals surface area contributed by atoms with Gasteiger partial charge in [-0.05, 0) is 70.6 Å². The molecule has 0 amide bonds. The van der Waals surface area contributed by atoms with Crippen molar-refractivity contribution in [3.05, 3.63) is 0 Å². The van der Waals surface area contributed by atoms with Gasteiger partial charge >= 0.3 is 0 Å². The van der Waals surface area contributed by atoms with Crippen LogP contribution in [0.1, 0.15) is 45.4 Å². The molecule has 0 bridgehead atoms. The molecule has 1 aliphatic heterocycles. The topological polar surface area (TPSA) is 61.4 Å². The van der Waals surface area contributed by atoms with Crippen molar-refractivity contribution in [1.29, 1.82) is 0 Å². The van der Waals surface area contributed by atoms with Gasteiger partial charge in [-0.1, -0.05) is 6.92 Å². The van der Waals surface area contributed by atoms with Gasteiger partial charge in [-0.2, -0.15) is 0 Å². The van der Waals surface area contributed by atoms with Crippen LogP contribution in [0.3, 0.4) is 0 Å². The number of hydrogen-bond acceptors (Lipinski definition) is 4. The van der Waals surface area contributed by atoms with E-state index in [9.17, 15) is 8.42 Å². The van der Waals surface area contributed by atoms with Crippen LogP contribution in [0.2, 0.25) is 0 Å². The highest BCUT2D eigenvalue weighted by molar-refractivity contribution is 7.89. The number of piperidine rings is 1. The summed E-state index contributed by atoms with van der Waals surface area (Å²) in [6, 6.07) is 0.716. The van der Waals surface area contributed by atoms with Crippen LogP contribution in [0.15, 0.2) is 0 Å². The van der Waals surface area contributed by atoms with Gasteiger partial charge in [0.05, 0.1) is 5.75 Å². The zero-order chi connectivity index (χ0) is 15.1. The number of rotatable bonds is 10. The molecule has 2 fully saturated rings. The first-order valence-corrected chi connectivity index (χ1v) is 10.2. The zero-order valence-electron chi connectivity index (χ0n) is 13.3. The maximum absolute atomic E-state index is 12.0. The molecule has 0 aromatic heterocycles. The summed E-state index contributed by atoms with van der Waals surface area (Å²) < 4.78 is 26.7. The summed E-state index contributed by atoms with van der Waals surface area (Å²) in [6.07, 6.45) is 6.51. The lowest BCUT2D eigenvalue weighted by Crippen LogP contribution is -2.39. The highest BCUT2D eigenvalue weighted by Crippen LogP contribution is 2.18. The van der Waals surface area contributed by atoms with Gasteiger partial charge in [0, 0.05) is 12.6 Å². The van der Waals surface area contributed by atoms with Gasteiger partial charge in [-0.15, -0.1) is 0 Å². The molecule has 124 valence electrons. The molecular weight excluding hydrogens is 286 g/mol. The standard InChI is InChI=1S/C15H31N3O2S/c1-2-18-10-7-14(8-11-18)13-17-21(19,20)12-4-3-9-16-15-5-6-15/h14-17H,2-13H2,1H3. The van der Waals surface area contributed by atoms with Crippen LogP contribution in [0.5, 0.6) is 0 Å². The molecule has 0 aromatic rings. The molecule has 2 rings (SSSR count). The average Bonchev–Trinajstić information content (AvgIpc) is 3.29. The maximum atomic E-state index is 12.0. The van der Waals surface area contributed by atoms with Gasteiger partial charge < -0.3 is 10.2 Å². The summed E-state index contributed by atoms with van der Waals surface area (Å²) in [6.45, 7) is 7.08. The lowest BCUT2D eigenvalue weighted by Gasteiger charge is -2.30. The van der Waals surface area contributed by atoms with E-state index in [4.69, 9.17) is 0 Å². The van der Waals surface area contributed by atoms with E-state index in [0.29, 0.717) is 18.5 Å². The van der Waals surface area contributed by atoms with Crippen LogP contribution >= 0.6 is 0 Å². The van der Waals surface area contributed by atoms with E-state index in [-0.39, 0.29) is 5.75 Å². The summed E-state index contributed by atoms with van der Waals surface area (Å²) in [7, 11) is -3.08.